The van der Waals surface area contributed by atoms with Crippen molar-refractivity contribution < 1.29 is 22.7 Å². The summed E-state index contributed by atoms with van der Waals surface area (Å²) in [5, 5.41) is 5.14. The summed E-state index contributed by atoms with van der Waals surface area (Å²) in [6.45, 7) is -0.528. The van der Waals surface area contributed by atoms with Gasteiger partial charge < -0.3 is 4.74 Å². The Kier molecular flexibility index (Phi) is 7.20. The Labute approximate surface area is 182 Å². The number of esters is 1. The van der Waals surface area contributed by atoms with Crippen LogP contribution >= 0.6 is 22.9 Å². The molecule has 0 aliphatic heterocycles. The molecule has 1 aromatic heterocycles. The molecule has 0 saturated heterocycles. The van der Waals surface area contributed by atoms with Crippen LogP contribution in [0, 0.1) is 0 Å². The van der Waals surface area contributed by atoms with Crippen LogP contribution in [-0.2, 0) is 24.2 Å². The van der Waals surface area contributed by atoms with Crippen LogP contribution in [0.15, 0.2) is 64.9 Å². The average Bonchev–Trinajstić information content (AvgIpc) is 3.20. The molecule has 1 heterocycles. The van der Waals surface area contributed by atoms with Crippen molar-refractivity contribution in [2.45, 2.75) is 11.3 Å². The van der Waals surface area contributed by atoms with Crippen molar-refractivity contribution in [2.75, 3.05) is 17.7 Å². The monoisotopic (exact) mass is 464 g/mol. The van der Waals surface area contributed by atoms with E-state index in [1.165, 1.54) is 35.6 Å². The third-order valence-electron chi connectivity index (χ3n) is 3.93. The van der Waals surface area contributed by atoms with Gasteiger partial charge in [-0.1, -0.05) is 41.9 Å². The average molecular weight is 465 g/mol. The van der Waals surface area contributed by atoms with E-state index in [-0.39, 0.29) is 11.3 Å². The minimum atomic E-state index is -3.65. The highest BCUT2D eigenvalue weighted by Crippen LogP contribution is 2.24. The van der Waals surface area contributed by atoms with Gasteiger partial charge in [0.2, 0.25) is 0 Å². The van der Waals surface area contributed by atoms with Crippen LogP contribution < -0.4 is 5.32 Å². The number of sulfone groups is 1. The molecule has 0 aliphatic carbocycles. The molecule has 0 spiro atoms. The van der Waals surface area contributed by atoms with Crippen LogP contribution in [0.2, 0.25) is 5.02 Å². The molecule has 0 atom stereocenters. The van der Waals surface area contributed by atoms with Gasteiger partial charge in [0.05, 0.1) is 22.8 Å². The molecule has 0 saturated carbocycles. The predicted molar refractivity (Wildman–Crippen MR) is 115 cm³/mol. The molecule has 7 nitrogen and oxygen atoms in total. The summed E-state index contributed by atoms with van der Waals surface area (Å²) in [5.74, 6) is -1.77. The van der Waals surface area contributed by atoms with E-state index in [9.17, 15) is 18.0 Å². The molecule has 0 bridgehead atoms. The van der Waals surface area contributed by atoms with Crippen molar-refractivity contribution in [3.63, 3.8) is 0 Å². The van der Waals surface area contributed by atoms with Gasteiger partial charge in [0, 0.05) is 16.0 Å². The van der Waals surface area contributed by atoms with Crippen molar-refractivity contribution in [2.24, 2.45) is 0 Å². The lowest BCUT2D eigenvalue weighted by atomic mass is 10.2. The summed E-state index contributed by atoms with van der Waals surface area (Å²) in [6.07, 6.45) is -0.367. The third kappa shape index (κ3) is 6.12. The third-order valence-corrected chi connectivity index (χ3v) is 6.67. The number of hydrogen-bond donors (Lipinski definition) is 1. The Morgan fingerprint density at radius 1 is 1.07 bits per heavy atom. The second-order valence-corrected chi connectivity index (χ2v) is 9.54. The molecule has 10 heteroatoms. The number of anilines is 1. The van der Waals surface area contributed by atoms with Crippen LogP contribution in [0.25, 0.3) is 11.3 Å². The minimum Gasteiger partial charge on any atom is -0.456 e. The number of nitrogens with zero attached hydrogens (tertiary/aromatic N) is 1. The Bertz CT molecular complexity index is 1130. The Morgan fingerprint density at radius 3 is 2.47 bits per heavy atom. The summed E-state index contributed by atoms with van der Waals surface area (Å²) in [7, 11) is -3.65. The summed E-state index contributed by atoms with van der Waals surface area (Å²) in [4.78, 5) is 28.2. The van der Waals surface area contributed by atoms with Gasteiger partial charge in [0.25, 0.3) is 5.91 Å². The number of hydrogen-bond acceptors (Lipinski definition) is 7. The number of ether oxygens (including phenoxy) is 1. The number of carbonyl (C=O) groups is 2. The van der Waals surface area contributed by atoms with Gasteiger partial charge in [0.15, 0.2) is 21.6 Å². The first kappa shape index (κ1) is 21.9. The molecule has 30 heavy (non-hydrogen) atoms. The number of nitrogens with one attached hydrogen (secondary N) is 1. The lowest BCUT2D eigenvalue weighted by Crippen LogP contribution is -2.22. The molecule has 1 amide bonds. The van der Waals surface area contributed by atoms with Gasteiger partial charge in [0.1, 0.15) is 0 Å². The first-order chi connectivity index (χ1) is 14.3. The largest absolute Gasteiger partial charge is 0.456 e. The number of aromatic nitrogens is 1. The zero-order valence-electron chi connectivity index (χ0n) is 15.6. The predicted octanol–water partition coefficient (Wildman–Crippen LogP) is 3.81. The van der Waals surface area contributed by atoms with E-state index < -0.39 is 34.1 Å². The van der Waals surface area contributed by atoms with Gasteiger partial charge in [-0.05, 0) is 24.3 Å². The second kappa shape index (κ2) is 9.84. The van der Waals surface area contributed by atoms with Crippen molar-refractivity contribution in [1.29, 1.82) is 0 Å². The van der Waals surface area contributed by atoms with E-state index in [0.717, 1.165) is 11.3 Å². The summed E-state index contributed by atoms with van der Waals surface area (Å²) in [6, 6.07) is 15.1. The lowest BCUT2D eigenvalue weighted by molar-refractivity contribution is -0.146. The maximum atomic E-state index is 12.2. The molecular weight excluding hydrogens is 448 g/mol. The highest BCUT2D eigenvalue weighted by atomic mass is 35.5. The van der Waals surface area contributed by atoms with Gasteiger partial charge in [-0.3, -0.25) is 14.9 Å². The zero-order valence-corrected chi connectivity index (χ0v) is 18.0. The van der Waals surface area contributed by atoms with Crippen molar-refractivity contribution >= 4 is 49.8 Å². The van der Waals surface area contributed by atoms with E-state index >= 15 is 0 Å². The van der Waals surface area contributed by atoms with Crippen LogP contribution in [-0.4, -0.2) is 37.6 Å². The molecule has 0 radical (unpaired) electrons. The zero-order chi connectivity index (χ0) is 21.6. The first-order valence-electron chi connectivity index (χ1n) is 8.78. The summed E-state index contributed by atoms with van der Waals surface area (Å²) in [5.41, 5.74) is 1.64. The molecule has 0 fully saturated rings. The molecule has 0 aliphatic rings. The number of amides is 1. The maximum Gasteiger partial charge on any atom is 0.307 e. The first-order valence-corrected chi connectivity index (χ1v) is 11.7. The molecule has 0 unspecified atom stereocenters. The second-order valence-electron chi connectivity index (χ2n) is 6.14. The topological polar surface area (TPSA) is 102 Å². The fraction of sp³-hybridized carbons (Fsp3) is 0.150. The van der Waals surface area contributed by atoms with Crippen LogP contribution in [0.3, 0.4) is 0 Å². The number of rotatable bonds is 8. The normalized spacial score (nSPS) is 11.1. The maximum absolute atomic E-state index is 12.2. The highest BCUT2D eigenvalue weighted by Gasteiger charge is 2.18. The minimum absolute atomic E-state index is 0.0652. The van der Waals surface area contributed by atoms with Gasteiger partial charge in [-0.15, -0.1) is 11.3 Å². The quantitative estimate of drug-likeness (QED) is 0.508. The SMILES string of the molecule is O=C(COC(=O)CCS(=O)(=O)c1ccc(Cl)cc1)Nc1nc(-c2ccccc2)cs1. The molecule has 156 valence electrons. The molecule has 3 aromatic rings. The van der Waals surface area contributed by atoms with Crippen LogP contribution in [0.1, 0.15) is 6.42 Å². The standard InChI is InChI=1S/C20H17ClN2O5S2/c21-15-6-8-16(9-7-15)30(26,27)11-10-19(25)28-12-18(24)23-20-22-17(13-29-20)14-4-2-1-3-5-14/h1-9,13H,10-12H2,(H,22,23,24). The number of benzene rings is 2. The van der Waals surface area contributed by atoms with Crippen LogP contribution in [0.5, 0.6) is 0 Å². The Morgan fingerprint density at radius 2 is 1.77 bits per heavy atom. The van der Waals surface area contributed by atoms with E-state index in [4.69, 9.17) is 16.3 Å². The highest BCUT2D eigenvalue weighted by molar-refractivity contribution is 7.91. The van der Waals surface area contributed by atoms with E-state index in [1.807, 2.05) is 30.3 Å². The Balaban J connectivity index is 1.45. The number of thiazole rings is 1. The van der Waals surface area contributed by atoms with Crippen molar-refractivity contribution in [3.05, 3.63) is 65.0 Å². The number of halogens is 1. The fourth-order valence-electron chi connectivity index (χ4n) is 2.42. The number of carbonyl (C=O) groups excluding carboxylic acids is 2. The molecular formula is C20H17ClN2O5S2. The molecule has 1 N–H and O–H groups in total. The molecule has 3 rings (SSSR count). The lowest BCUT2D eigenvalue weighted by Gasteiger charge is -2.06. The van der Waals surface area contributed by atoms with E-state index in [0.29, 0.717) is 10.2 Å². The van der Waals surface area contributed by atoms with E-state index in [2.05, 4.69) is 10.3 Å². The van der Waals surface area contributed by atoms with Gasteiger partial charge in [-0.25, -0.2) is 13.4 Å². The van der Waals surface area contributed by atoms with Crippen molar-refractivity contribution in [3.8, 4) is 11.3 Å². The smallest absolute Gasteiger partial charge is 0.307 e. The van der Waals surface area contributed by atoms with Gasteiger partial charge in [-0.2, -0.15) is 0 Å². The van der Waals surface area contributed by atoms with Crippen LogP contribution in [0.4, 0.5) is 5.13 Å². The van der Waals surface area contributed by atoms with Crippen molar-refractivity contribution in [1.82, 2.24) is 4.98 Å². The van der Waals surface area contributed by atoms with Gasteiger partial charge >= 0.3 is 5.97 Å². The van der Waals surface area contributed by atoms with E-state index in [1.54, 1.807) is 5.38 Å². The Hall–Kier alpha value is -2.75. The summed E-state index contributed by atoms with van der Waals surface area (Å²) >= 11 is 6.99. The summed E-state index contributed by atoms with van der Waals surface area (Å²) < 4.78 is 29.3. The molecule has 2 aromatic carbocycles. The fourth-order valence-corrected chi connectivity index (χ4v) is 4.51.